The van der Waals surface area contributed by atoms with Crippen LogP contribution >= 0.6 is 23.1 Å². The van der Waals surface area contributed by atoms with Crippen LogP contribution < -0.4 is 5.56 Å². The number of carbonyl (C=O) groups excluding carboxylic acids is 1. The number of thioether (sulfide) groups is 1. The molecule has 0 amide bonds. The zero-order chi connectivity index (χ0) is 19.3. The molecule has 0 bridgehead atoms. The second-order valence-electron chi connectivity index (χ2n) is 8.04. The molecule has 0 aromatic carbocycles. The van der Waals surface area contributed by atoms with Crippen LogP contribution in [0.4, 0.5) is 0 Å². The van der Waals surface area contributed by atoms with Crippen LogP contribution in [0.3, 0.4) is 0 Å². The summed E-state index contributed by atoms with van der Waals surface area (Å²) in [5.41, 5.74) is 1.23. The van der Waals surface area contributed by atoms with Gasteiger partial charge in [-0.3, -0.25) is 14.2 Å². The standard InChI is InChI=1S/C20H24N2O4S2/c1-11-4-5-13-15(9-11)27-17-16(13)18(23)22(10-12-3-2-7-25-12)20(21-17)28-14-6-8-26-19(14)24/h11-12,14H,2-10H2,1H3/t11-,12-,14+/m0/s1. The maximum absolute atomic E-state index is 13.6. The number of hydrogen-bond acceptors (Lipinski definition) is 7. The van der Waals surface area contributed by atoms with Gasteiger partial charge in [0.15, 0.2) is 5.16 Å². The van der Waals surface area contributed by atoms with Crippen LogP contribution in [0.25, 0.3) is 10.2 Å². The van der Waals surface area contributed by atoms with E-state index in [9.17, 15) is 9.59 Å². The van der Waals surface area contributed by atoms with Crippen LogP contribution in [0.15, 0.2) is 9.95 Å². The Morgan fingerprint density at radius 1 is 1.25 bits per heavy atom. The zero-order valence-corrected chi connectivity index (χ0v) is 17.6. The van der Waals surface area contributed by atoms with E-state index in [2.05, 4.69) is 6.92 Å². The number of ether oxygens (including phenoxy) is 2. The van der Waals surface area contributed by atoms with Gasteiger partial charge in [0.2, 0.25) is 0 Å². The highest BCUT2D eigenvalue weighted by atomic mass is 32.2. The fraction of sp³-hybridized carbons (Fsp3) is 0.650. The molecule has 5 rings (SSSR count). The van der Waals surface area contributed by atoms with Crippen molar-refractivity contribution in [2.75, 3.05) is 13.2 Å². The van der Waals surface area contributed by atoms with E-state index in [1.807, 2.05) is 0 Å². The number of esters is 1. The van der Waals surface area contributed by atoms with E-state index >= 15 is 0 Å². The number of cyclic esters (lactones) is 1. The minimum Gasteiger partial charge on any atom is -0.465 e. The van der Waals surface area contributed by atoms with Gasteiger partial charge in [-0.15, -0.1) is 11.3 Å². The number of fused-ring (bicyclic) bond motifs is 3. The summed E-state index contributed by atoms with van der Waals surface area (Å²) in [6, 6.07) is 0. The van der Waals surface area contributed by atoms with Crippen LogP contribution in [0.5, 0.6) is 0 Å². The van der Waals surface area contributed by atoms with Gasteiger partial charge in [-0.05, 0) is 43.6 Å². The van der Waals surface area contributed by atoms with Gasteiger partial charge >= 0.3 is 5.97 Å². The van der Waals surface area contributed by atoms with Gasteiger partial charge in [-0.2, -0.15) is 0 Å². The minimum absolute atomic E-state index is 0.0291. The molecule has 8 heteroatoms. The molecule has 2 aromatic heterocycles. The van der Waals surface area contributed by atoms with Crippen molar-refractivity contribution in [2.45, 2.75) is 68.5 Å². The van der Waals surface area contributed by atoms with Crippen molar-refractivity contribution < 1.29 is 14.3 Å². The van der Waals surface area contributed by atoms with Gasteiger partial charge < -0.3 is 9.47 Å². The van der Waals surface area contributed by atoms with Crippen molar-refractivity contribution in [2.24, 2.45) is 5.92 Å². The lowest BCUT2D eigenvalue weighted by Crippen LogP contribution is -2.30. The summed E-state index contributed by atoms with van der Waals surface area (Å²) >= 11 is 3.03. The Kier molecular flexibility index (Phi) is 4.97. The predicted molar refractivity (Wildman–Crippen MR) is 109 cm³/mol. The summed E-state index contributed by atoms with van der Waals surface area (Å²) in [6.07, 6.45) is 5.79. The molecular weight excluding hydrogens is 396 g/mol. The monoisotopic (exact) mass is 420 g/mol. The van der Waals surface area contributed by atoms with E-state index in [-0.39, 0.29) is 22.9 Å². The van der Waals surface area contributed by atoms with Crippen LogP contribution in [-0.2, 0) is 33.7 Å². The Hall–Kier alpha value is -1.38. The number of carbonyl (C=O) groups is 1. The third-order valence-corrected chi connectivity index (χ3v) is 8.31. The summed E-state index contributed by atoms with van der Waals surface area (Å²) in [5, 5.41) is 1.14. The highest BCUT2D eigenvalue weighted by molar-refractivity contribution is 8.00. The Morgan fingerprint density at radius 2 is 2.14 bits per heavy atom. The molecule has 2 aromatic rings. The first-order chi connectivity index (χ1) is 13.6. The summed E-state index contributed by atoms with van der Waals surface area (Å²) in [5.74, 6) is 0.444. The van der Waals surface area contributed by atoms with E-state index in [0.717, 1.165) is 48.9 Å². The van der Waals surface area contributed by atoms with E-state index in [0.29, 0.717) is 30.6 Å². The third-order valence-electron chi connectivity index (χ3n) is 5.93. The van der Waals surface area contributed by atoms with Crippen LogP contribution in [-0.4, -0.2) is 40.1 Å². The van der Waals surface area contributed by atoms with Crippen LogP contribution in [0.1, 0.15) is 43.0 Å². The number of hydrogen-bond donors (Lipinski definition) is 0. The number of nitrogens with zero attached hydrogens (tertiary/aromatic N) is 2. The van der Waals surface area contributed by atoms with Gasteiger partial charge in [-0.1, -0.05) is 18.7 Å². The predicted octanol–water partition coefficient (Wildman–Crippen LogP) is 3.17. The molecule has 28 heavy (non-hydrogen) atoms. The number of aryl methyl sites for hydroxylation is 1. The molecule has 0 N–H and O–H groups in total. The molecule has 2 fully saturated rings. The van der Waals surface area contributed by atoms with Crippen molar-refractivity contribution in [1.29, 1.82) is 0 Å². The molecule has 2 aliphatic heterocycles. The molecule has 4 heterocycles. The summed E-state index contributed by atoms with van der Waals surface area (Å²) in [7, 11) is 0. The normalized spacial score (nSPS) is 27.3. The van der Waals surface area contributed by atoms with Crippen molar-refractivity contribution in [3.63, 3.8) is 0 Å². The maximum Gasteiger partial charge on any atom is 0.319 e. The highest BCUT2D eigenvalue weighted by Gasteiger charge is 2.31. The molecule has 0 radical (unpaired) electrons. The van der Waals surface area contributed by atoms with Crippen molar-refractivity contribution in [3.05, 3.63) is 20.8 Å². The van der Waals surface area contributed by atoms with Crippen LogP contribution in [0, 0.1) is 5.92 Å². The lowest BCUT2D eigenvalue weighted by molar-refractivity contribution is -0.137. The van der Waals surface area contributed by atoms with E-state index in [4.69, 9.17) is 14.5 Å². The second-order valence-corrected chi connectivity index (χ2v) is 10.3. The third kappa shape index (κ3) is 3.29. The molecule has 3 atom stereocenters. The smallest absolute Gasteiger partial charge is 0.319 e. The topological polar surface area (TPSA) is 70.4 Å². The summed E-state index contributed by atoms with van der Waals surface area (Å²) in [4.78, 5) is 32.6. The Balaban J connectivity index is 1.61. The molecule has 0 spiro atoms. The molecular formula is C20H24N2O4S2. The molecule has 1 aliphatic carbocycles. The van der Waals surface area contributed by atoms with Gasteiger partial charge in [0.25, 0.3) is 5.56 Å². The average Bonchev–Trinajstić information content (AvgIpc) is 3.39. The Morgan fingerprint density at radius 3 is 2.89 bits per heavy atom. The van der Waals surface area contributed by atoms with Gasteiger partial charge in [-0.25, -0.2) is 4.98 Å². The van der Waals surface area contributed by atoms with Crippen molar-refractivity contribution in [1.82, 2.24) is 9.55 Å². The average molecular weight is 421 g/mol. The van der Waals surface area contributed by atoms with Crippen LogP contribution in [0.2, 0.25) is 0 Å². The molecule has 0 unspecified atom stereocenters. The first kappa shape index (κ1) is 18.6. The quantitative estimate of drug-likeness (QED) is 0.559. The Labute approximate surface area is 171 Å². The lowest BCUT2D eigenvalue weighted by Gasteiger charge is -2.18. The van der Waals surface area contributed by atoms with E-state index in [1.165, 1.54) is 22.2 Å². The van der Waals surface area contributed by atoms with Crippen molar-refractivity contribution in [3.8, 4) is 0 Å². The largest absolute Gasteiger partial charge is 0.465 e. The Bertz CT molecular complexity index is 977. The molecule has 150 valence electrons. The maximum atomic E-state index is 13.6. The molecule has 6 nitrogen and oxygen atoms in total. The summed E-state index contributed by atoms with van der Waals surface area (Å²) < 4.78 is 12.7. The summed E-state index contributed by atoms with van der Waals surface area (Å²) in [6.45, 7) is 3.97. The van der Waals surface area contributed by atoms with Gasteiger partial charge in [0.1, 0.15) is 10.1 Å². The SMILES string of the molecule is C[C@H]1CCc2c(sc3nc(S[C@@H]4CCOC4=O)n(C[C@@H]4CCCO4)c(=O)c23)C1. The minimum atomic E-state index is -0.283. The first-order valence-corrected chi connectivity index (χ1v) is 11.8. The van der Waals surface area contributed by atoms with E-state index < -0.39 is 0 Å². The number of rotatable bonds is 4. The fourth-order valence-corrected chi connectivity index (χ4v) is 6.85. The lowest BCUT2D eigenvalue weighted by atomic mass is 9.89. The highest BCUT2D eigenvalue weighted by Crippen LogP contribution is 2.37. The second kappa shape index (κ2) is 7.46. The molecule has 0 saturated carbocycles. The molecule has 3 aliphatic rings. The zero-order valence-electron chi connectivity index (χ0n) is 15.9. The number of aromatic nitrogens is 2. The first-order valence-electron chi connectivity index (χ1n) is 10.1. The fourth-order valence-electron chi connectivity index (χ4n) is 4.36. The number of thiophene rings is 1. The van der Waals surface area contributed by atoms with E-state index in [1.54, 1.807) is 15.9 Å². The molecule has 2 saturated heterocycles. The van der Waals surface area contributed by atoms with Gasteiger partial charge in [0, 0.05) is 17.9 Å². The van der Waals surface area contributed by atoms with Crippen molar-refractivity contribution >= 4 is 39.3 Å². The van der Waals surface area contributed by atoms with Gasteiger partial charge in [0.05, 0.1) is 24.6 Å².